The largest absolute Gasteiger partial charge is 0.368 e. The third-order valence-corrected chi connectivity index (χ3v) is 3.46. The van der Waals surface area contributed by atoms with E-state index in [0.717, 1.165) is 51.9 Å². The van der Waals surface area contributed by atoms with Gasteiger partial charge >= 0.3 is 0 Å². The number of ether oxygens (including phenoxy) is 1. The summed E-state index contributed by atoms with van der Waals surface area (Å²) in [6, 6.07) is 0. The first kappa shape index (κ1) is 10.9. The second-order valence-corrected chi connectivity index (χ2v) is 4.51. The lowest BCUT2D eigenvalue weighted by atomic mass is 9.97. The summed E-state index contributed by atoms with van der Waals surface area (Å²) < 4.78 is 5.41. The topological polar surface area (TPSA) is 55.6 Å². The summed E-state index contributed by atoms with van der Waals surface area (Å²) in [5.74, 6) is 0.807. The molecule has 2 aliphatic rings. The standard InChI is InChI=1S/C11H20N2O2/c12-8-9-3-5-13(6-4-9)11(14)10-2-1-7-15-10/h9-10H,1-8,12H2/t10-/m0/s1. The van der Waals surface area contributed by atoms with Crippen LogP contribution < -0.4 is 5.73 Å². The van der Waals surface area contributed by atoms with Crippen molar-refractivity contribution >= 4 is 5.91 Å². The first-order chi connectivity index (χ1) is 7.31. The summed E-state index contributed by atoms with van der Waals surface area (Å²) >= 11 is 0. The normalized spacial score (nSPS) is 28.3. The van der Waals surface area contributed by atoms with Gasteiger partial charge in [-0.3, -0.25) is 4.79 Å². The van der Waals surface area contributed by atoms with Crippen LogP contribution in [0.15, 0.2) is 0 Å². The van der Waals surface area contributed by atoms with Crippen molar-refractivity contribution in [1.29, 1.82) is 0 Å². The van der Waals surface area contributed by atoms with Crippen LogP contribution in [0, 0.1) is 5.92 Å². The van der Waals surface area contributed by atoms with Crippen LogP contribution in [0.2, 0.25) is 0 Å². The van der Waals surface area contributed by atoms with Crippen LogP contribution in [-0.2, 0) is 9.53 Å². The molecule has 0 saturated carbocycles. The zero-order valence-corrected chi connectivity index (χ0v) is 9.15. The Morgan fingerprint density at radius 1 is 1.33 bits per heavy atom. The van der Waals surface area contributed by atoms with E-state index in [-0.39, 0.29) is 12.0 Å². The molecule has 86 valence electrons. The molecule has 0 spiro atoms. The average molecular weight is 212 g/mol. The van der Waals surface area contributed by atoms with Crippen molar-refractivity contribution in [2.45, 2.75) is 31.8 Å². The molecule has 0 bridgehead atoms. The van der Waals surface area contributed by atoms with Crippen molar-refractivity contribution in [3.63, 3.8) is 0 Å². The van der Waals surface area contributed by atoms with E-state index in [1.165, 1.54) is 0 Å². The zero-order valence-electron chi connectivity index (χ0n) is 9.15. The molecule has 0 aromatic rings. The number of hydrogen-bond donors (Lipinski definition) is 1. The van der Waals surface area contributed by atoms with Gasteiger partial charge in [0.2, 0.25) is 0 Å². The van der Waals surface area contributed by atoms with Gasteiger partial charge in [-0.1, -0.05) is 0 Å². The minimum Gasteiger partial charge on any atom is -0.368 e. The summed E-state index contributed by atoms with van der Waals surface area (Å²) in [5, 5.41) is 0. The molecule has 0 unspecified atom stereocenters. The van der Waals surface area contributed by atoms with E-state index >= 15 is 0 Å². The predicted molar refractivity (Wildman–Crippen MR) is 57.3 cm³/mol. The quantitative estimate of drug-likeness (QED) is 0.719. The SMILES string of the molecule is NCC1CCN(C(=O)[C@@H]2CCCO2)CC1. The highest BCUT2D eigenvalue weighted by atomic mass is 16.5. The average Bonchev–Trinajstić information content (AvgIpc) is 2.82. The molecule has 1 atom stereocenters. The molecule has 0 aliphatic carbocycles. The van der Waals surface area contributed by atoms with Crippen LogP contribution in [0.5, 0.6) is 0 Å². The van der Waals surface area contributed by atoms with Gasteiger partial charge in [0.15, 0.2) is 0 Å². The number of likely N-dealkylation sites (tertiary alicyclic amines) is 1. The van der Waals surface area contributed by atoms with E-state index in [0.29, 0.717) is 5.92 Å². The highest BCUT2D eigenvalue weighted by molar-refractivity contribution is 5.81. The predicted octanol–water partition coefficient (Wildman–Crippen LogP) is 0.363. The first-order valence-electron chi connectivity index (χ1n) is 5.91. The highest BCUT2D eigenvalue weighted by Crippen LogP contribution is 2.20. The summed E-state index contributed by atoms with van der Waals surface area (Å²) in [6.45, 7) is 3.22. The van der Waals surface area contributed by atoms with E-state index in [2.05, 4.69) is 0 Å². The molecular weight excluding hydrogens is 192 g/mol. The molecule has 4 nitrogen and oxygen atoms in total. The van der Waals surface area contributed by atoms with Gasteiger partial charge < -0.3 is 15.4 Å². The van der Waals surface area contributed by atoms with Gasteiger partial charge in [0.25, 0.3) is 5.91 Å². The molecule has 2 fully saturated rings. The third kappa shape index (κ3) is 2.49. The van der Waals surface area contributed by atoms with E-state index in [1.54, 1.807) is 0 Å². The first-order valence-corrected chi connectivity index (χ1v) is 5.91. The molecule has 0 aromatic carbocycles. The van der Waals surface area contributed by atoms with Gasteiger partial charge in [0, 0.05) is 19.7 Å². The monoisotopic (exact) mass is 212 g/mol. The Balaban J connectivity index is 1.81. The lowest BCUT2D eigenvalue weighted by molar-refractivity contribution is -0.142. The lowest BCUT2D eigenvalue weighted by Gasteiger charge is -2.32. The number of nitrogens with two attached hydrogens (primary N) is 1. The van der Waals surface area contributed by atoms with Crippen molar-refractivity contribution in [2.24, 2.45) is 11.7 Å². The summed E-state index contributed by atoms with van der Waals surface area (Å²) in [4.78, 5) is 13.9. The lowest BCUT2D eigenvalue weighted by Crippen LogP contribution is -2.44. The Morgan fingerprint density at radius 3 is 2.60 bits per heavy atom. The molecule has 2 rings (SSSR count). The number of rotatable bonds is 2. The van der Waals surface area contributed by atoms with E-state index in [1.807, 2.05) is 4.90 Å². The van der Waals surface area contributed by atoms with Gasteiger partial charge in [0.1, 0.15) is 6.10 Å². The maximum Gasteiger partial charge on any atom is 0.251 e. The van der Waals surface area contributed by atoms with Gasteiger partial charge in [0.05, 0.1) is 0 Å². The van der Waals surface area contributed by atoms with Gasteiger partial charge in [-0.15, -0.1) is 0 Å². The van der Waals surface area contributed by atoms with Crippen LogP contribution in [-0.4, -0.2) is 43.2 Å². The van der Waals surface area contributed by atoms with Gasteiger partial charge in [-0.25, -0.2) is 0 Å². The fourth-order valence-corrected chi connectivity index (χ4v) is 2.37. The second kappa shape index (κ2) is 4.94. The molecule has 2 aliphatic heterocycles. The van der Waals surface area contributed by atoms with Crippen LogP contribution in [0.1, 0.15) is 25.7 Å². The Kier molecular flexibility index (Phi) is 3.59. The van der Waals surface area contributed by atoms with Crippen molar-refractivity contribution < 1.29 is 9.53 Å². The number of nitrogens with zero attached hydrogens (tertiary/aromatic N) is 1. The van der Waals surface area contributed by atoms with E-state index in [4.69, 9.17) is 10.5 Å². The smallest absolute Gasteiger partial charge is 0.251 e. The van der Waals surface area contributed by atoms with Gasteiger partial charge in [-0.05, 0) is 38.1 Å². The molecule has 1 amide bonds. The fraction of sp³-hybridized carbons (Fsp3) is 0.909. The maximum atomic E-state index is 12.0. The van der Waals surface area contributed by atoms with Crippen molar-refractivity contribution in [2.75, 3.05) is 26.2 Å². The van der Waals surface area contributed by atoms with Crippen LogP contribution in [0.3, 0.4) is 0 Å². The Bertz CT molecular complexity index is 219. The maximum absolute atomic E-state index is 12.0. The summed E-state index contributed by atoms with van der Waals surface area (Å²) in [7, 11) is 0. The molecule has 0 radical (unpaired) electrons. The fourth-order valence-electron chi connectivity index (χ4n) is 2.37. The molecule has 2 N–H and O–H groups in total. The van der Waals surface area contributed by atoms with Crippen molar-refractivity contribution in [1.82, 2.24) is 4.90 Å². The van der Waals surface area contributed by atoms with Crippen molar-refractivity contribution in [3.05, 3.63) is 0 Å². The number of hydrogen-bond acceptors (Lipinski definition) is 3. The molecule has 2 saturated heterocycles. The second-order valence-electron chi connectivity index (χ2n) is 4.51. The minimum atomic E-state index is -0.153. The molecule has 15 heavy (non-hydrogen) atoms. The number of amides is 1. The highest BCUT2D eigenvalue weighted by Gasteiger charge is 2.30. The van der Waals surface area contributed by atoms with Crippen LogP contribution >= 0.6 is 0 Å². The summed E-state index contributed by atoms with van der Waals surface area (Å²) in [5.41, 5.74) is 5.62. The molecule has 0 aromatic heterocycles. The van der Waals surface area contributed by atoms with Crippen LogP contribution in [0.4, 0.5) is 0 Å². The summed E-state index contributed by atoms with van der Waals surface area (Å²) in [6.07, 6.45) is 3.87. The minimum absolute atomic E-state index is 0.153. The molecule has 2 heterocycles. The molecular formula is C11H20N2O2. The Labute approximate surface area is 90.8 Å². The molecule has 4 heteroatoms. The Morgan fingerprint density at radius 2 is 2.07 bits per heavy atom. The van der Waals surface area contributed by atoms with Gasteiger partial charge in [-0.2, -0.15) is 0 Å². The van der Waals surface area contributed by atoms with E-state index in [9.17, 15) is 4.79 Å². The van der Waals surface area contributed by atoms with Crippen molar-refractivity contribution in [3.8, 4) is 0 Å². The van der Waals surface area contributed by atoms with Crippen LogP contribution in [0.25, 0.3) is 0 Å². The number of carbonyl (C=O) groups excluding carboxylic acids is 1. The Hall–Kier alpha value is -0.610. The number of piperidine rings is 1. The zero-order chi connectivity index (χ0) is 10.7. The third-order valence-electron chi connectivity index (χ3n) is 3.46. The number of carbonyl (C=O) groups is 1. The van der Waals surface area contributed by atoms with E-state index < -0.39 is 0 Å².